The molecule has 0 spiro atoms. The zero-order valence-electron chi connectivity index (χ0n) is 11.8. The number of aromatic nitrogens is 1. The molecule has 21 heavy (non-hydrogen) atoms. The summed E-state index contributed by atoms with van der Waals surface area (Å²) in [7, 11) is 0. The van der Waals surface area contributed by atoms with Gasteiger partial charge in [0, 0.05) is 28.8 Å². The van der Waals surface area contributed by atoms with Gasteiger partial charge in [0.15, 0.2) is 0 Å². The summed E-state index contributed by atoms with van der Waals surface area (Å²) in [6, 6.07) is 8.51. The SMILES string of the molecule is CC1(CNc2ccc3cc([N+](=O)[O-])ccc3n2)CCCS1. The summed E-state index contributed by atoms with van der Waals surface area (Å²) in [5, 5.41) is 14.9. The summed E-state index contributed by atoms with van der Waals surface area (Å²) in [4.78, 5) is 14.9. The number of nitrogens with zero attached hydrogens (tertiary/aromatic N) is 2. The molecular weight excluding hydrogens is 286 g/mol. The second kappa shape index (κ2) is 5.52. The molecule has 1 aliphatic rings. The number of nitro benzene ring substituents is 1. The van der Waals surface area contributed by atoms with Crippen LogP contribution in [0.1, 0.15) is 19.8 Å². The van der Waals surface area contributed by atoms with Crippen LogP contribution in [0.2, 0.25) is 0 Å². The summed E-state index contributed by atoms with van der Waals surface area (Å²) < 4.78 is 0.284. The van der Waals surface area contributed by atoms with Gasteiger partial charge in [-0.05, 0) is 43.7 Å². The van der Waals surface area contributed by atoms with Gasteiger partial charge in [-0.15, -0.1) is 0 Å². The highest BCUT2D eigenvalue weighted by molar-refractivity contribution is 8.00. The van der Waals surface area contributed by atoms with E-state index in [-0.39, 0.29) is 15.4 Å². The zero-order valence-corrected chi connectivity index (χ0v) is 12.7. The zero-order chi connectivity index (χ0) is 14.9. The lowest BCUT2D eigenvalue weighted by Gasteiger charge is -2.23. The number of fused-ring (bicyclic) bond motifs is 1. The third kappa shape index (κ3) is 3.10. The van der Waals surface area contributed by atoms with Crippen LogP contribution in [0.4, 0.5) is 11.5 Å². The second-order valence-electron chi connectivity index (χ2n) is 5.59. The van der Waals surface area contributed by atoms with Crippen LogP contribution in [0.25, 0.3) is 10.9 Å². The van der Waals surface area contributed by atoms with Crippen molar-refractivity contribution in [3.8, 4) is 0 Å². The van der Waals surface area contributed by atoms with Gasteiger partial charge in [-0.3, -0.25) is 10.1 Å². The third-order valence-corrected chi connectivity index (χ3v) is 5.37. The highest BCUT2D eigenvalue weighted by Crippen LogP contribution is 2.37. The topological polar surface area (TPSA) is 68.1 Å². The normalized spacial score (nSPS) is 21.6. The molecular formula is C15H17N3O2S. The van der Waals surface area contributed by atoms with E-state index in [1.165, 1.54) is 24.7 Å². The van der Waals surface area contributed by atoms with Crippen LogP contribution in [-0.2, 0) is 0 Å². The number of thioether (sulfide) groups is 1. The van der Waals surface area contributed by atoms with Crippen LogP contribution in [0.3, 0.4) is 0 Å². The number of non-ortho nitro benzene ring substituents is 1. The van der Waals surface area contributed by atoms with Crippen molar-refractivity contribution in [3.05, 3.63) is 40.4 Å². The molecule has 1 aromatic carbocycles. The predicted octanol–water partition coefficient (Wildman–Crippen LogP) is 3.84. The Balaban J connectivity index is 1.78. The van der Waals surface area contributed by atoms with Crippen molar-refractivity contribution < 1.29 is 4.92 Å². The smallest absolute Gasteiger partial charge is 0.270 e. The number of hydrogen-bond donors (Lipinski definition) is 1. The predicted molar refractivity (Wildman–Crippen MR) is 87.0 cm³/mol. The molecule has 3 rings (SSSR count). The van der Waals surface area contributed by atoms with E-state index in [4.69, 9.17) is 0 Å². The van der Waals surface area contributed by atoms with Crippen LogP contribution >= 0.6 is 11.8 Å². The molecule has 0 aliphatic carbocycles. The Bertz CT molecular complexity index is 684. The lowest BCUT2D eigenvalue weighted by atomic mass is 10.1. The Morgan fingerprint density at radius 1 is 1.43 bits per heavy atom. The van der Waals surface area contributed by atoms with Crippen molar-refractivity contribution in [1.29, 1.82) is 0 Å². The van der Waals surface area contributed by atoms with Gasteiger partial charge in [0.05, 0.1) is 10.4 Å². The minimum absolute atomic E-state index is 0.0971. The standard InChI is InChI=1S/C15H17N3O2S/c1-15(7-2-8-21-15)10-16-14-6-3-11-9-12(18(19)20)4-5-13(11)17-14/h3-6,9H,2,7-8,10H2,1H3,(H,16,17). The van der Waals surface area contributed by atoms with Crippen LogP contribution in [0.5, 0.6) is 0 Å². The second-order valence-corrected chi connectivity index (χ2v) is 7.27. The summed E-state index contributed by atoms with van der Waals surface area (Å²) in [5.41, 5.74) is 0.870. The molecule has 6 heteroatoms. The molecule has 2 heterocycles. The van der Waals surface area contributed by atoms with Gasteiger partial charge in [-0.1, -0.05) is 0 Å². The van der Waals surface area contributed by atoms with Crippen LogP contribution in [-0.4, -0.2) is 27.0 Å². The first-order chi connectivity index (χ1) is 10.1. The molecule has 1 aliphatic heterocycles. The number of nitrogens with one attached hydrogen (secondary N) is 1. The Morgan fingerprint density at radius 2 is 2.29 bits per heavy atom. The average Bonchev–Trinajstić information content (AvgIpc) is 2.91. The van der Waals surface area contributed by atoms with E-state index in [1.807, 2.05) is 23.9 Å². The van der Waals surface area contributed by atoms with Gasteiger partial charge < -0.3 is 5.32 Å². The monoisotopic (exact) mass is 303 g/mol. The van der Waals surface area contributed by atoms with Crippen molar-refractivity contribution in [2.45, 2.75) is 24.5 Å². The number of benzene rings is 1. The maximum absolute atomic E-state index is 10.8. The molecule has 0 saturated carbocycles. The van der Waals surface area contributed by atoms with Gasteiger partial charge in [0.25, 0.3) is 5.69 Å². The van der Waals surface area contributed by atoms with Gasteiger partial charge >= 0.3 is 0 Å². The third-order valence-electron chi connectivity index (χ3n) is 3.83. The van der Waals surface area contributed by atoms with Gasteiger partial charge in [0.2, 0.25) is 0 Å². The van der Waals surface area contributed by atoms with E-state index in [9.17, 15) is 10.1 Å². The van der Waals surface area contributed by atoms with Crippen molar-refractivity contribution in [1.82, 2.24) is 4.98 Å². The summed E-state index contributed by atoms with van der Waals surface area (Å²) in [5.74, 6) is 2.05. The number of anilines is 1. The Kier molecular flexibility index (Phi) is 3.71. The van der Waals surface area contributed by atoms with Gasteiger partial charge in [-0.25, -0.2) is 4.98 Å². The number of nitro groups is 1. The first kappa shape index (κ1) is 14.1. The van der Waals surface area contributed by atoms with E-state index in [0.717, 1.165) is 23.3 Å². The van der Waals surface area contributed by atoms with Crippen molar-refractivity contribution in [2.24, 2.45) is 0 Å². The molecule has 1 atom stereocenters. The Hall–Kier alpha value is -1.82. The first-order valence-electron chi connectivity index (χ1n) is 6.99. The molecule has 110 valence electrons. The Morgan fingerprint density at radius 3 is 3.00 bits per heavy atom. The fourth-order valence-corrected chi connectivity index (χ4v) is 3.82. The van der Waals surface area contributed by atoms with E-state index in [0.29, 0.717) is 0 Å². The Labute approximate surface area is 127 Å². The molecule has 0 amide bonds. The minimum atomic E-state index is -0.385. The maximum atomic E-state index is 10.8. The molecule has 1 saturated heterocycles. The van der Waals surface area contributed by atoms with Crippen LogP contribution < -0.4 is 5.32 Å². The lowest BCUT2D eigenvalue weighted by molar-refractivity contribution is -0.384. The summed E-state index contributed by atoms with van der Waals surface area (Å²) in [6.45, 7) is 3.17. The van der Waals surface area contributed by atoms with Crippen molar-refractivity contribution >= 4 is 34.2 Å². The largest absolute Gasteiger partial charge is 0.369 e. The number of hydrogen-bond acceptors (Lipinski definition) is 5. The number of rotatable bonds is 4. The average molecular weight is 303 g/mol. The van der Waals surface area contributed by atoms with E-state index >= 15 is 0 Å². The molecule has 1 aromatic heterocycles. The van der Waals surface area contributed by atoms with Gasteiger partial charge in [-0.2, -0.15) is 11.8 Å². The molecule has 0 bridgehead atoms. The van der Waals surface area contributed by atoms with Crippen LogP contribution in [0.15, 0.2) is 30.3 Å². The number of pyridine rings is 1. The first-order valence-corrected chi connectivity index (χ1v) is 7.97. The lowest BCUT2D eigenvalue weighted by Crippen LogP contribution is -2.27. The summed E-state index contributed by atoms with van der Waals surface area (Å²) in [6.07, 6.45) is 2.50. The van der Waals surface area contributed by atoms with E-state index in [1.54, 1.807) is 12.1 Å². The molecule has 1 N–H and O–H groups in total. The fraction of sp³-hybridized carbons (Fsp3) is 0.400. The van der Waals surface area contributed by atoms with E-state index in [2.05, 4.69) is 17.2 Å². The fourth-order valence-electron chi connectivity index (χ4n) is 2.58. The minimum Gasteiger partial charge on any atom is -0.369 e. The highest BCUT2D eigenvalue weighted by Gasteiger charge is 2.29. The van der Waals surface area contributed by atoms with Crippen molar-refractivity contribution in [3.63, 3.8) is 0 Å². The van der Waals surface area contributed by atoms with Crippen molar-refractivity contribution in [2.75, 3.05) is 17.6 Å². The van der Waals surface area contributed by atoms with Crippen LogP contribution in [0, 0.1) is 10.1 Å². The van der Waals surface area contributed by atoms with E-state index < -0.39 is 0 Å². The summed E-state index contributed by atoms with van der Waals surface area (Å²) >= 11 is 2.01. The quantitative estimate of drug-likeness (QED) is 0.686. The maximum Gasteiger partial charge on any atom is 0.270 e. The molecule has 1 fully saturated rings. The molecule has 5 nitrogen and oxygen atoms in total. The molecule has 2 aromatic rings. The molecule has 0 radical (unpaired) electrons. The van der Waals surface area contributed by atoms with Gasteiger partial charge in [0.1, 0.15) is 5.82 Å². The molecule has 1 unspecified atom stereocenters. The highest BCUT2D eigenvalue weighted by atomic mass is 32.2.